The second-order valence-corrected chi connectivity index (χ2v) is 10.1. The van der Waals surface area contributed by atoms with E-state index in [1.807, 2.05) is 25.1 Å². The van der Waals surface area contributed by atoms with Gasteiger partial charge in [0.2, 0.25) is 0 Å². The number of sulfonamides is 1. The van der Waals surface area contributed by atoms with Crippen LogP contribution in [0, 0.1) is 6.92 Å². The predicted molar refractivity (Wildman–Crippen MR) is 115 cm³/mol. The summed E-state index contributed by atoms with van der Waals surface area (Å²) in [7, 11) is -4.17. The van der Waals surface area contributed by atoms with E-state index in [1.165, 1.54) is 12.1 Å². The maximum absolute atomic E-state index is 12.9. The summed E-state index contributed by atoms with van der Waals surface area (Å²) in [6, 6.07) is 10.4. The van der Waals surface area contributed by atoms with E-state index in [-0.39, 0.29) is 11.6 Å². The van der Waals surface area contributed by atoms with E-state index in [0.29, 0.717) is 30.3 Å². The van der Waals surface area contributed by atoms with Gasteiger partial charge in [0, 0.05) is 19.4 Å². The molecule has 0 bridgehead atoms. The van der Waals surface area contributed by atoms with E-state index in [4.69, 9.17) is 4.74 Å². The number of aliphatic hydroxyl groups excluding tert-OH is 1. The Kier molecular flexibility index (Phi) is 5.65. The number of aromatic nitrogens is 1. The number of carbonyl (C=O) groups is 1. The first kappa shape index (κ1) is 21.6. The maximum atomic E-state index is 12.9. The van der Waals surface area contributed by atoms with Crippen molar-refractivity contribution in [3.63, 3.8) is 0 Å². The molecule has 2 aromatic rings. The molecule has 0 aliphatic heterocycles. The van der Waals surface area contributed by atoms with Crippen LogP contribution >= 0.6 is 0 Å². The minimum absolute atomic E-state index is 0.222. The van der Waals surface area contributed by atoms with Crippen LogP contribution in [0.2, 0.25) is 0 Å². The first-order chi connectivity index (χ1) is 14.7. The standard InChI is InChI=1S/C22H27N3O5S/c1-14-6-9-17(16-7-8-16)18(12-14)30-22(10-11-22)21(27)25-31(28,29)20-5-3-4-19(24-20)23-13-15(2)26/h3-6,9,12,15-16,26H,7-8,10-11,13H2,1-2H3,(H,23,24)(H,25,27)/t15-/m0/s1. The average molecular weight is 446 g/mol. The number of anilines is 1. The summed E-state index contributed by atoms with van der Waals surface area (Å²) in [4.78, 5) is 17.0. The fourth-order valence-electron chi connectivity index (χ4n) is 3.34. The Labute approximate surface area is 182 Å². The van der Waals surface area contributed by atoms with Crippen LogP contribution in [0.15, 0.2) is 41.4 Å². The number of hydrogen-bond donors (Lipinski definition) is 3. The molecule has 1 heterocycles. The molecule has 0 radical (unpaired) electrons. The Morgan fingerprint density at radius 2 is 2.03 bits per heavy atom. The number of amides is 1. The van der Waals surface area contributed by atoms with E-state index in [9.17, 15) is 18.3 Å². The number of nitrogens with zero attached hydrogens (tertiary/aromatic N) is 1. The van der Waals surface area contributed by atoms with Crippen molar-refractivity contribution in [2.45, 2.75) is 62.2 Å². The number of aliphatic hydroxyl groups is 1. The molecule has 2 saturated carbocycles. The van der Waals surface area contributed by atoms with Crippen LogP contribution < -0.4 is 14.8 Å². The quantitative estimate of drug-likeness (QED) is 0.543. The molecule has 31 heavy (non-hydrogen) atoms. The molecule has 4 rings (SSSR count). The molecule has 2 aliphatic carbocycles. The summed E-state index contributed by atoms with van der Waals surface area (Å²) in [5, 5.41) is 11.9. The van der Waals surface area contributed by atoms with Crippen molar-refractivity contribution in [2.75, 3.05) is 11.9 Å². The van der Waals surface area contributed by atoms with Gasteiger partial charge in [-0.3, -0.25) is 4.79 Å². The summed E-state index contributed by atoms with van der Waals surface area (Å²) < 4.78 is 33.8. The molecule has 1 aromatic heterocycles. The normalized spacial score (nSPS) is 18.2. The van der Waals surface area contributed by atoms with E-state index >= 15 is 0 Å². The number of aryl methyl sites for hydroxylation is 1. The largest absolute Gasteiger partial charge is 0.477 e. The third-order valence-corrected chi connectivity index (χ3v) is 6.65. The molecule has 0 spiro atoms. The van der Waals surface area contributed by atoms with Crippen molar-refractivity contribution in [1.29, 1.82) is 0 Å². The van der Waals surface area contributed by atoms with Crippen LogP contribution in [0.5, 0.6) is 5.75 Å². The van der Waals surface area contributed by atoms with Crippen LogP contribution in [0.1, 0.15) is 49.7 Å². The smallest absolute Gasteiger partial charge is 0.281 e. The highest BCUT2D eigenvalue weighted by Gasteiger charge is 2.54. The van der Waals surface area contributed by atoms with Crippen molar-refractivity contribution in [3.8, 4) is 5.75 Å². The zero-order valence-electron chi connectivity index (χ0n) is 17.6. The topological polar surface area (TPSA) is 118 Å². The van der Waals surface area contributed by atoms with Crippen LogP contribution in [0.3, 0.4) is 0 Å². The number of nitrogens with one attached hydrogen (secondary N) is 2. The summed E-state index contributed by atoms with van der Waals surface area (Å²) in [5.41, 5.74) is 0.923. The fourth-order valence-corrected chi connectivity index (χ4v) is 4.35. The molecule has 3 N–H and O–H groups in total. The Morgan fingerprint density at radius 3 is 2.68 bits per heavy atom. The number of rotatable bonds is 9. The molecule has 166 valence electrons. The molecule has 0 unspecified atom stereocenters. The van der Waals surface area contributed by atoms with Gasteiger partial charge in [0.15, 0.2) is 10.6 Å². The van der Waals surface area contributed by atoms with Gasteiger partial charge in [-0.1, -0.05) is 18.2 Å². The lowest BCUT2D eigenvalue weighted by atomic mass is 10.1. The van der Waals surface area contributed by atoms with E-state index in [1.54, 1.807) is 13.0 Å². The molecule has 2 aliphatic rings. The Bertz CT molecular complexity index is 1090. The van der Waals surface area contributed by atoms with Crippen molar-refractivity contribution >= 4 is 21.7 Å². The third kappa shape index (κ3) is 4.99. The molecular weight excluding hydrogens is 418 g/mol. The average Bonchev–Trinajstić information content (AvgIpc) is 3.62. The lowest BCUT2D eigenvalue weighted by molar-refractivity contribution is -0.127. The van der Waals surface area contributed by atoms with Gasteiger partial charge in [-0.25, -0.2) is 9.71 Å². The highest BCUT2D eigenvalue weighted by Crippen LogP contribution is 2.48. The van der Waals surface area contributed by atoms with Gasteiger partial charge in [-0.05, 0) is 61.9 Å². The van der Waals surface area contributed by atoms with Gasteiger partial charge in [0.1, 0.15) is 11.6 Å². The molecule has 2 fully saturated rings. The highest BCUT2D eigenvalue weighted by atomic mass is 32.2. The Balaban J connectivity index is 1.49. The lowest BCUT2D eigenvalue weighted by Gasteiger charge is -2.20. The minimum Gasteiger partial charge on any atom is -0.477 e. The van der Waals surface area contributed by atoms with E-state index < -0.39 is 27.6 Å². The molecule has 9 heteroatoms. The van der Waals surface area contributed by atoms with Gasteiger partial charge in [0.05, 0.1) is 6.10 Å². The number of carbonyl (C=O) groups excluding carboxylic acids is 1. The van der Waals surface area contributed by atoms with Crippen molar-refractivity contribution < 1.29 is 23.1 Å². The summed E-state index contributed by atoms with van der Waals surface area (Å²) in [6.07, 6.45) is 2.48. The summed E-state index contributed by atoms with van der Waals surface area (Å²) in [5.74, 6) is 0.719. The fraction of sp³-hybridized carbons (Fsp3) is 0.455. The van der Waals surface area contributed by atoms with Crippen LogP contribution in [-0.2, 0) is 14.8 Å². The van der Waals surface area contributed by atoms with Crippen LogP contribution in [0.25, 0.3) is 0 Å². The number of pyridine rings is 1. The van der Waals surface area contributed by atoms with Crippen LogP contribution in [-0.4, -0.2) is 42.7 Å². The second-order valence-electron chi connectivity index (χ2n) is 8.44. The Hall–Kier alpha value is -2.65. The molecule has 0 saturated heterocycles. The molecular formula is C22H27N3O5S. The zero-order chi connectivity index (χ0) is 22.2. The van der Waals surface area contributed by atoms with Gasteiger partial charge in [-0.2, -0.15) is 8.42 Å². The second kappa shape index (κ2) is 8.12. The van der Waals surface area contributed by atoms with Gasteiger partial charge >= 0.3 is 0 Å². The van der Waals surface area contributed by atoms with Gasteiger partial charge < -0.3 is 15.2 Å². The number of benzene rings is 1. The monoisotopic (exact) mass is 445 g/mol. The highest BCUT2D eigenvalue weighted by molar-refractivity contribution is 7.90. The summed E-state index contributed by atoms with van der Waals surface area (Å²) in [6.45, 7) is 3.78. The number of ether oxygens (including phenoxy) is 1. The molecule has 8 nitrogen and oxygen atoms in total. The van der Waals surface area contributed by atoms with Crippen molar-refractivity contribution in [3.05, 3.63) is 47.5 Å². The number of hydrogen-bond acceptors (Lipinski definition) is 7. The first-order valence-electron chi connectivity index (χ1n) is 10.4. The Morgan fingerprint density at radius 1 is 1.29 bits per heavy atom. The first-order valence-corrected chi connectivity index (χ1v) is 11.9. The zero-order valence-corrected chi connectivity index (χ0v) is 18.4. The van der Waals surface area contributed by atoms with E-state index in [0.717, 1.165) is 24.0 Å². The molecule has 1 amide bonds. The minimum atomic E-state index is -4.17. The molecule has 1 aromatic carbocycles. The van der Waals surface area contributed by atoms with Gasteiger partial charge in [-0.15, -0.1) is 0 Å². The van der Waals surface area contributed by atoms with E-state index in [2.05, 4.69) is 15.0 Å². The lowest BCUT2D eigenvalue weighted by Crippen LogP contribution is -2.43. The predicted octanol–water partition coefficient (Wildman–Crippen LogP) is 2.48. The summed E-state index contributed by atoms with van der Waals surface area (Å²) >= 11 is 0. The van der Waals surface area contributed by atoms with Gasteiger partial charge in [0.25, 0.3) is 15.9 Å². The van der Waals surface area contributed by atoms with Crippen molar-refractivity contribution in [2.24, 2.45) is 0 Å². The van der Waals surface area contributed by atoms with Crippen LogP contribution in [0.4, 0.5) is 5.82 Å². The molecule has 1 atom stereocenters. The maximum Gasteiger partial charge on any atom is 0.281 e. The third-order valence-electron chi connectivity index (χ3n) is 5.41. The van der Waals surface area contributed by atoms with Crippen molar-refractivity contribution in [1.82, 2.24) is 9.71 Å². The SMILES string of the molecule is Cc1ccc(C2CC2)c(OC2(C(=O)NS(=O)(=O)c3cccc(NC[C@H](C)O)n3)CC2)c1.